The summed E-state index contributed by atoms with van der Waals surface area (Å²) >= 11 is 0. The Morgan fingerprint density at radius 2 is 1.79 bits per heavy atom. The van der Waals surface area contributed by atoms with E-state index in [1.807, 2.05) is 0 Å². The van der Waals surface area contributed by atoms with Crippen LogP contribution in [0, 0.1) is 0 Å². The lowest BCUT2D eigenvalue weighted by Crippen LogP contribution is -2.22. The third-order valence-electron chi connectivity index (χ3n) is 1.56. The number of hydrogen-bond acceptors (Lipinski definition) is 3. The maximum atomic E-state index is 10.5. The lowest BCUT2D eigenvalue weighted by Gasteiger charge is -2.05. The van der Waals surface area contributed by atoms with Crippen LogP contribution in [0.25, 0.3) is 0 Å². The Labute approximate surface area is 86.0 Å². The third kappa shape index (κ3) is 11.4. The normalized spacial score (nSPS) is 10.1. The van der Waals surface area contributed by atoms with Gasteiger partial charge in [-0.25, -0.2) is 0 Å². The van der Waals surface area contributed by atoms with E-state index in [0.717, 1.165) is 19.4 Å². The predicted molar refractivity (Wildman–Crippen MR) is 55.2 cm³/mol. The van der Waals surface area contributed by atoms with Gasteiger partial charge < -0.3 is 14.8 Å². The molecule has 0 heterocycles. The lowest BCUT2D eigenvalue weighted by molar-refractivity contribution is -0.119. The summed E-state index contributed by atoms with van der Waals surface area (Å²) in [5, 5.41) is 2.71. The number of amides is 1. The zero-order valence-electron chi connectivity index (χ0n) is 9.17. The summed E-state index contributed by atoms with van der Waals surface area (Å²) in [6, 6.07) is 0. The zero-order chi connectivity index (χ0) is 10.6. The van der Waals surface area contributed by atoms with Crippen molar-refractivity contribution in [3.8, 4) is 0 Å². The van der Waals surface area contributed by atoms with E-state index >= 15 is 0 Å². The Balaban J connectivity index is 2.88. The van der Waals surface area contributed by atoms with Gasteiger partial charge in [-0.05, 0) is 12.8 Å². The Hall–Kier alpha value is -0.610. The molecule has 1 N–H and O–H groups in total. The van der Waals surface area contributed by atoms with Crippen LogP contribution in [-0.2, 0) is 14.3 Å². The Kier molecular flexibility index (Phi) is 10.0. The van der Waals surface area contributed by atoms with Crippen LogP contribution in [0.2, 0.25) is 0 Å². The molecule has 0 saturated heterocycles. The molecule has 0 saturated carbocycles. The summed E-state index contributed by atoms with van der Waals surface area (Å²) < 4.78 is 10.5. The number of nitrogens with one attached hydrogen (secondary N) is 1. The van der Waals surface area contributed by atoms with Gasteiger partial charge in [0.2, 0.25) is 5.91 Å². The standard InChI is InChI=1S/C10H21NO3/c1-3-6-13-8-9-14-7-4-5-11-10(2)12/h3-9H2,1-2H3,(H,11,12). The molecule has 0 rings (SSSR count). The quantitative estimate of drug-likeness (QED) is 0.568. The van der Waals surface area contributed by atoms with Gasteiger partial charge in [-0.2, -0.15) is 0 Å². The fourth-order valence-corrected chi connectivity index (χ4v) is 0.905. The molecule has 0 aromatic rings. The monoisotopic (exact) mass is 203 g/mol. The second kappa shape index (κ2) is 10.5. The van der Waals surface area contributed by atoms with Crippen LogP contribution in [0.15, 0.2) is 0 Å². The third-order valence-corrected chi connectivity index (χ3v) is 1.56. The van der Waals surface area contributed by atoms with Crippen molar-refractivity contribution in [3.63, 3.8) is 0 Å². The molecule has 0 aliphatic heterocycles. The van der Waals surface area contributed by atoms with Crippen LogP contribution >= 0.6 is 0 Å². The second-order valence-corrected chi connectivity index (χ2v) is 3.06. The highest BCUT2D eigenvalue weighted by atomic mass is 16.5. The maximum absolute atomic E-state index is 10.5. The maximum Gasteiger partial charge on any atom is 0.216 e. The van der Waals surface area contributed by atoms with Crippen molar-refractivity contribution in [2.75, 3.05) is 33.0 Å². The van der Waals surface area contributed by atoms with Gasteiger partial charge in [-0.15, -0.1) is 0 Å². The van der Waals surface area contributed by atoms with Gasteiger partial charge in [0.1, 0.15) is 0 Å². The first-order valence-corrected chi connectivity index (χ1v) is 5.17. The minimum Gasteiger partial charge on any atom is -0.379 e. The molecule has 0 radical (unpaired) electrons. The first-order valence-electron chi connectivity index (χ1n) is 5.17. The van der Waals surface area contributed by atoms with E-state index in [0.29, 0.717) is 26.4 Å². The second-order valence-electron chi connectivity index (χ2n) is 3.06. The van der Waals surface area contributed by atoms with E-state index in [4.69, 9.17) is 9.47 Å². The van der Waals surface area contributed by atoms with Crippen molar-refractivity contribution in [1.82, 2.24) is 5.32 Å². The molecule has 0 aliphatic carbocycles. The van der Waals surface area contributed by atoms with Crippen LogP contribution in [0.1, 0.15) is 26.7 Å². The van der Waals surface area contributed by atoms with Crippen molar-refractivity contribution < 1.29 is 14.3 Å². The first kappa shape index (κ1) is 13.4. The molecule has 84 valence electrons. The van der Waals surface area contributed by atoms with Crippen molar-refractivity contribution in [2.24, 2.45) is 0 Å². The highest BCUT2D eigenvalue weighted by molar-refractivity contribution is 5.72. The van der Waals surface area contributed by atoms with E-state index in [1.165, 1.54) is 6.92 Å². The molecule has 4 heteroatoms. The molecule has 0 atom stereocenters. The van der Waals surface area contributed by atoms with Crippen molar-refractivity contribution in [1.29, 1.82) is 0 Å². The van der Waals surface area contributed by atoms with E-state index < -0.39 is 0 Å². The van der Waals surface area contributed by atoms with E-state index in [2.05, 4.69) is 12.2 Å². The van der Waals surface area contributed by atoms with Crippen molar-refractivity contribution in [2.45, 2.75) is 26.7 Å². The number of carbonyl (C=O) groups is 1. The van der Waals surface area contributed by atoms with Crippen LogP contribution in [0.3, 0.4) is 0 Å². The van der Waals surface area contributed by atoms with Gasteiger partial charge in [-0.3, -0.25) is 4.79 Å². The predicted octanol–water partition coefficient (Wildman–Crippen LogP) is 0.956. The van der Waals surface area contributed by atoms with Crippen molar-refractivity contribution >= 4 is 5.91 Å². The number of hydrogen-bond donors (Lipinski definition) is 1. The highest BCUT2D eigenvalue weighted by Crippen LogP contribution is 1.84. The van der Waals surface area contributed by atoms with Crippen molar-refractivity contribution in [3.05, 3.63) is 0 Å². The van der Waals surface area contributed by atoms with E-state index in [1.54, 1.807) is 0 Å². The summed E-state index contributed by atoms with van der Waals surface area (Å²) in [7, 11) is 0. The van der Waals surface area contributed by atoms with Gasteiger partial charge in [0.15, 0.2) is 0 Å². The molecule has 0 spiro atoms. The summed E-state index contributed by atoms with van der Waals surface area (Å²) in [6.45, 7) is 7.05. The first-order chi connectivity index (χ1) is 6.77. The largest absolute Gasteiger partial charge is 0.379 e. The van der Waals surface area contributed by atoms with Gasteiger partial charge >= 0.3 is 0 Å². The topological polar surface area (TPSA) is 47.6 Å². The fraction of sp³-hybridized carbons (Fsp3) is 0.900. The van der Waals surface area contributed by atoms with Crippen LogP contribution < -0.4 is 5.32 Å². The number of ether oxygens (including phenoxy) is 2. The summed E-state index contributed by atoms with van der Waals surface area (Å²) in [5.74, 6) is 0.0104. The molecule has 0 bridgehead atoms. The van der Waals surface area contributed by atoms with Gasteiger partial charge in [-0.1, -0.05) is 6.92 Å². The molecular weight excluding hydrogens is 182 g/mol. The summed E-state index contributed by atoms with van der Waals surface area (Å²) in [4.78, 5) is 10.5. The summed E-state index contributed by atoms with van der Waals surface area (Å²) in [5.41, 5.74) is 0. The Bertz CT molecular complexity index is 139. The Morgan fingerprint density at radius 1 is 1.14 bits per heavy atom. The average Bonchev–Trinajstić information content (AvgIpc) is 2.15. The minimum absolute atomic E-state index is 0.0104. The van der Waals surface area contributed by atoms with Gasteiger partial charge in [0.25, 0.3) is 0 Å². The lowest BCUT2D eigenvalue weighted by atomic mass is 10.4. The minimum atomic E-state index is 0.0104. The molecular formula is C10H21NO3. The molecule has 0 aromatic carbocycles. The van der Waals surface area contributed by atoms with Crippen LogP contribution in [0.5, 0.6) is 0 Å². The zero-order valence-corrected chi connectivity index (χ0v) is 9.17. The molecule has 14 heavy (non-hydrogen) atoms. The van der Waals surface area contributed by atoms with E-state index in [-0.39, 0.29) is 5.91 Å². The number of carbonyl (C=O) groups excluding carboxylic acids is 1. The average molecular weight is 203 g/mol. The smallest absolute Gasteiger partial charge is 0.216 e. The van der Waals surface area contributed by atoms with Crippen LogP contribution in [0.4, 0.5) is 0 Å². The molecule has 4 nitrogen and oxygen atoms in total. The molecule has 0 aromatic heterocycles. The van der Waals surface area contributed by atoms with E-state index in [9.17, 15) is 4.79 Å². The SMILES string of the molecule is CCCOCCOCCCNC(C)=O. The Morgan fingerprint density at radius 3 is 2.36 bits per heavy atom. The summed E-state index contributed by atoms with van der Waals surface area (Å²) in [6.07, 6.45) is 1.90. The molecule has 0 aliphatic rings. The highest BCUT2D eigenvalue weighted by Gasteiger charge is 1.91. The van der Waals surface area contributed by atoms with Crippen LogP contribution in [-0.4, -0.2) is 38.9 Å². The molecule has 0 unspecified atom stereocenters. The molecule has 0 fully saturated rings. The molecule has 1 amide bonds. The van der Waals surface area contributed by atoms with Gasteiger partial charge in [0.05, 0.1) is 13.2 Å². The fourth-order valence-electron chi connectivity index (χ4n) is 0.905. The number of rotatable bonds is 9. The van der Waals surface area contributed by atoms with Gasteiger partial charge in [0, 0.05) is 26.7 Å².